The fraction of sp³-hybridized carbons (Fsp3) is 0.312. The van der Waals surface area contributed by atoms with Gasteiger partial charge >= 0.3 is 0 Å². The number of hydrogen-bond donors (Lipinski definition) is 0. The monoisotopic (exact) mass is 314 g/mol. The molecule has 3 aromatic rings. The van der Waals surface area contributed by atoms with Crippen molar-refractivity contribution in [2.24, 2.45) is 0 Å². The molecule has 1 aliphatic rings. The molecule has 0 radical (unpaired) electrons. The number of fused-ring (bicyclic) bond motifs is 3. The summed E-state index contributed by atoms with van der Waals surface area (Å²) in [5.74, 6) is 1.76. The van der Waals surface area contributed by atoms with Crippen LogP contribution in [0.1, 0.15) is 5.56 Å². The van der Waals surface area contributed by atoms with Gasteiger partial charge in [-0.15, -0.1) is 11.6 Å². The van der Waals surface area contributed by atoms with Crippen molar-refractivity contribution in [3.8, 4) is 0 Å². The average molecular weight is 315 g/mol. The average Bonchev–Trinajstić information content (AvgIpc) is 3.13. The van der Waals surface area contributed by atoms with Crippen LogP contribution in [-0.4, -0.2) is 33.5 Å². The van der Waals surface area contributed by atoms with Crippen molar-refractivity contribution in [3.63, 3.8) is 0 Å². The molecule has 0 aliphatic carbocycles. The molecular formula is C16H17ClN5+. The number of imidazole rings is 1. The zero-order valence-corrected chi connectivity index (χ0v) is 12.9. The molecule has 0 saturated heterocycles. The maximum atomic E-state index is 5.92. The molecule has 2 aromatic heterocycles. The molecule has 0 bridgehead atoms. The van der Waals surface area contributed by atoms with E-state index in [2.05, 4.69) is 48.3 Å². The standard InChI is InChI=1S/C16H17ClN5/c17-6-7-20-8-9-21-12-19-15-14(16(20)21)18-11-22(15)10-13-4-2-1-3-5-13/h1-5,11-12H,6-10H2/q+1. The lowest BCUT2D eigenvalue weighted by Crippen LogP contribution is -2.32. The highest BCUT2D eigenvalue weighted by Gasteiger charge is 2.30. The largest absolute Gasteiger partial charge is 0.297 e. The number of anilines is 1. The first-order valence-corrected chi connectivity index (χ1v) is 7.98. The van der Waals surface area contributed by atoms with Gasteiger partial charge in [-0.2, -0.15) is 0 Å². The summed E-state index contributed by atoms with van der Waals surface area (Å²) in [6.45, 7) is 3.54. The van der Waals surface area contributed by atoms with E-state index in [1.165, 1.54) is 5.56 Å². The summed E-state index contributed by atoms with van der Waals surface area (Å²) >= 11 is 5.92. The van der Waals surface area contributed by atoms with Gasteiger partial charge in [0.2, 0.25) is 12.0 Å². The van der Waals surface area contributed by atoms with Crippen molar-refractivity contribution >= 4 is 28.6 Å². The van der Waals surface area contributed by atoms with Gasteiger partial charge in [0.15, 0.2) is 5.52 Å². The quantitative estimate of drug-likeness (QED) is 0.544. The van der Waals surface area contributed by atoms with Gasteiger partial charge < -0.3 is 0 Å². The van der Waals surface area contributed by atoms with Gasteiger partial charge in [0.25, 0.3) is 5.82 Å². The first-order chi connectivity index (χ1) is 10.9. The number of aromatic nitrogens is 4. The van der Waals surface area contributed by atoms with E-state index in [0.29, 0.717) is 5.88 Å². The van der Waals surface area contributed by atoms with Crippen LogP contribution in [0.4, 0.5) is 5.82 Å². The van der Waals surface area contributed by atoms with Crippen molar-refractivity contribution < 1.29 is 4.57 Å². The number of halogens is 1. The normalized spacial score (nSPS) is 13.8. The predicted molar refractivity (Wildman–Crippen MR) is 86.2 cm³/mol. The molecule has 4 rings (SSSR count). The van der Waals surface area contributed by atoms with E-state index in [-0.39, 0.29) is 0 Å². The number of hydrogen-bond acceptors (Lipinski definition) is 3. The zero-order chi connectivity index (χ0) is 14.9. The second-order valence-corrected chi connectivity index (χ2v) is 5.85. The molecule has 1 aliphatic heterocycles. The fourth-order valence-electron chi connectivity index (χ4n) is 3.03. The lowest BCUT2D eigenvalue weighted by atomic mass is 10.2. The Hall–Kier alpha value is -2.14. The third-order valence-corrected chi connectivity index (χ3v) is 4.24. The van der Waals surface area contributed by atoms with E-state index in [1.807, 2.05) is 18.7 Å². The molecule has 1 aromatic carbocycles. The smallest absolute Gasteiger partial charge is 0.255 e. The SMILES string of the molecule is ClCCN1CC[n+]2cnc3c(ncn3Cc3ccccc3)c21. The van der Waals surface area contributed by atoms with E-state index < -0.39 is 0 Å². The summed E-state index contributed by atoms with van der Waals surface area (Å²) in [6.07, 6.45) is 3.79. The van der Waals surface area contributed by atoms with E-state index >= 15 is 0 Å². The Balaban J connectivity index is 1.76. The van der Waals surface area contributed by atoms with Crippen molar-refractivity contribution in [2.75, 3.05) is 23.9 Å². The van der Waals surface area contributed by atoms with E-state index in [4.69, 9.17) is 11.6 Å². The molecule has 112 valence electrons. The van der Waals surface area contributed by atoms with Gasteiger partial charge in [0.05, 0.1) is 31.8 Å². The fourth-order valence-corrected chi connectivity index (χ4v) is 3.23. The van der Waals surface area contributed by atoms with Crippen LogP contribution in [-0.2, 0) is 13.1 Å². The van der Waals surface area contributed by atoms with Crippen molar-refractivity contribution in [1.82, 2.24) is 14.5 Å². The van der Waals surface area contributed by atoms with Gasteiger partial charge in [-0.05, 0) is 5.56 Å². The van der Waals surface area contributed by atoms with Crippen molar-refractivity contribution in [3.05, 3.63) is 48.5 Å². The predicted octanol–water partition coefficient (Wildman–Crippen LogP) is 1.83. The Morgan fingerprint density at radius 1 is 1.18 bits per heavy atom. The molecule has 22 heavy (non-hydrogen) atoms. The molecule has 5 nitrogen and oxygen atoms in total. The first-order valence-electron chi connectivity index (χ1n) is 7.45. The Morgan fingerprint density at radius 3 is 2.86 bits per heavy atom. The minimum atomic E-state index is 0.620. The topological polar surface area (TPSA) is 37.8 Å². The Bertz CT molecular complexity index is 797. The molecule has 0 saturated carbocycles. The summed E-state index contributed by atoms with van der Waals surface area (Å²) in [7, 11) is 0. The molecule has 0 N–H and O–H groups in total. The van der Waals surface area contributed by atoms with Crippen LogP contribution in [0.3, 0.4) is 0 Å². The van der Waals surface area contributed by atoms with Gasteiger partial charge in [-0.3, -0.25) is 9.47 Å². The van der Waals surface area contributed by atoms with E-state index in [9.17, 15) is 0 Å². The van der Waals surface area contributed by atoms with Crippen LogP contribution in [0, 0.1) is 0 Å². The molecule has 0 spiro atoms. The zero-order valence-electron chi connectivity index (χ0n) is 12.2. The van der Waals surface area contributed by atoms with Crippen LogP contribution in [0.5, 0.6) is 0 Å². The molecule has 0 fully saturated rings. The van der Waals surface area contributed by atoms with Crippen molar-refractivity contribution in [1.29, 1.82) is 0 Å². The molecular weight excluding hydrogens is 298 g/mol. The van der Waals surface area contributed by atoms with Crippen LogP contribution in [0.15, 0.2) is 43.0 Å². The molecule has 6 heteroatoms. The van der Waals surface area contributed by atoms with Crippen LogP contribution < -0.4 is 9.47 Å². The Morgan fingerprint density at radius 2 is 2.05 bits per heavy atom. The number of alkyl halides is 1. The van der Waals surface area contributed by atoms with E-state index in [1.54, 1.807) is 0 Å². The lowest BCUT2D eigenvalue weighted by Gasteiger charge is -2.10. The molecule has 0 amide bonds. The van der Waals surface area contributed by atoms with E-state index in [0.717, 1.165) is 43.2 Å². The summed E-state index contributed by atoms with van der Waals surface area (Å²) in [5.41, 5.74) is 3.13. The summed E-state index contributed by atoms with van der Waals surface area (Å²) in [4.78, 5) is 11.5. The molecule has 0 unspecified atom stereocenters. The third-order valence-electron chi connectivity index (χ3n) is 4.07. The van der Waals surface area contributed by atoms with Crippen LogP contribution in [0.2, 0.25) is 0 Å². The molecule has 3 heterocycles. The van der Waals surface area contributed by atoms with Crippen molar-refractivity contribution in [2.45, 2.75) is 13.1 Å². The van der Waals surface area contributed by atoms with Gasteiger partial charge in [0, 0.05) is 0 Å². The summed E-state index contributed by atoms with van der Waals surface area (Å²) in [5, 5.41) is 0. The minimum absolute atomic E-state index is 0.620. The van der Waals surface area contributed by atoms with Gasteiger partial charge in [0.1, 0.15) is 6.54 Å². The number of nitrogens with zero attached hydrogens (tertiary/aromatic N) is 5. The Labute approximate surface area is 133 Å². The number of rotatable bonds is 4. The second kappa shape index (κ2) is 5.57. The Kier molecular flexibility index (Phi) is 3.42. The maximum absolute atomic E-state index is 5.92. The van der Waals surface area contributed by atoms with Gasteiger partial charge in [-0.1, -0.05) is 35.3 Å². The first kappa shape index (κ1) is 13.5. The van der Waals surface area contributed by atoms with Gasteiger partial charge in [-0.25, -0.2) is 9.55 Å². The highest BCUT2D eigenvalue weighted by molar-refractivity contribution is 6.18. The maximum Gasteiger partial charge on any atom is 0.255 e. The highest BCUT2D eigenvalue weighted by atomic mass is 35.5. The second-order valence-electron chi connectivity index (χ2n) is 5.47. The minimum Gasteiger partial charge on any atom is -0.297 e. The summed E-state index contributed by atoms with van der Waals surface area (Å²) < 4.78 is 4.26. The van der Waals surface area contributed by atoms with Crippen LogP contribution in [0.25, 0.3) is 11.2 Å². The highest BCUT2D eigenvalue weighted by Crippen LogP contribution is 2.23. The lowest BCUT2D eigenvalue weighted by molar-refractivity contribution is -0.672. The molecule has 0 atom stereocenters. The summed E-state index contributed by atoms with van der Waals surface area (Å²) in [6, 6.07) is 10.4. The van der Waals surface area contributed by atoms with Crippen LogP contribution >= 0.6 is 11.6 Å². The number of benzene rings is 1. The third kappa shape index (κ3) is 2.22.